The van der Waals surface area contributed by atoms with E-state index in [2.05, 4.69) is 26.1 Å². The Hall–Kier alpha value is -2.67. The van der Waals surface area contributed by atoms with Crippen LogP contribution in [-0.4, -0.2) is 53.3 Å². The minimum Gasteiger partial charge on any atom is -0.385 e. The summed E-state index contributed by atoms with van der Waals surface area (Å²) in [6.07, 6.45) is 1.04. The molecule has 0 saturated heterocycles. The topological polar surface area (TPSA) is 76.5 Å². The number of hydrogen-bond acceptors (Lipinski definition) is 4. The molecule has 7 nitrogen and oxygen atoms in total. The summed E-state index contributed by atoms with van der Waals surface area (Å²) >= 11 is 0. The zero-order chi connectivity index (χ0) is 22.3. The van der Waals surface area contributed by atoms with Crippen molar-refractivity contribution in [1.82, 2.24) is 14.7 Å². The van der Waals surface area contributed by atoms with Crippen molar-refractivity contribution in [2.75, 3.05) is 32.1 Å². The zero-order valence-corrected chi connectivity index (χ0v) is 19.0. The Morgan fingerprint density at radius 3 is 2.53 bits per heavy atom. The molecule has 0 atom stereocenters. The molecule has 0 aliphatic carbocycles. The number of rotatable bonds is 9. The minimum absolute atomic E-state index is 0.000189. The van der Waals surface area contributed by atoms with Crippen molar-refractivity contribution in [2.24, 2.45) is 0 Å². The van der Waals surface area contributed by atoms with E-state index in [9.17, 15) is 9.59 Å². The Morgan fingerprint density at radius 2 is 1.93 bits per heavy atom. The molecule has 2 rings (SSSR count). The van der Waals surface area contributed by atoms with Gasteiger partial charge in [-0.15, -0.1) is 0 Å². The number of aromatic nitrogens is 2. The molecule has 7 heteroatoms. The van der Waals surface area contributed by atoms with Crippen molar-refractivity contribution < 1.29 is 14.3 Å². The van der Waals surface area contributed by atoms with Gasteiger partial charge in [0.2, 0.25) is 11.8 Å². The number of benzene rings is 1. The molecule has 1 heterocycles. The molecule has 0 unspecified atom stereocenters. The molecule has 0 aliphatic rings. The fourth-order valence-corrected chi connectivity index (χ4v) is 3.09. The van der Waals surface area contributed by atoms with Crippen molar-refractivity contribution in [3.05, 3.63) is 41.6 Å². The van der Waals surface area contributed by atoms with Gasteiger partial charge in [-0.3, -0.25) is 9.59 Å². The quantitative estimate of drug-likeness (QED) is 0.635. The van der Waals surface area contributed by atoms with Crippen LogP contribution in [0.5, 0.6) is 0 Å². The van der Waals surface area contributed by atoms with Gasteiger partial charge in [-0.25, -0.2) is 4.68 Å². The first-order chi connectivity index (χ1) is 14.2. The monoisotopic (exact) mass is 414 g/mol. The summed E-state index contributed by atoms with van der Waals surface area (Å²) in [4.78, 5) is 26.7. The van der Waals surface area contributed by atoms with Gasteiger partial charge >= 0.3 is 0 Å². The predicted octanol–water partition coefficient (Wildman–Crippen LogP) is 3.69. The molecule has 1 aromatic heterocycles. The van der Waals surface area contributed by atoms with E-state index >= 15 is 0 Å². The largest absolute Gasteiger partial charge is 0.385 e. The van der Waals surface area contributed by atoms with Crippen LogP contribution < -0.4 is 5.32 Å². The van der Waals surface area contributed by atoms with E-state index < -0.39 is 0 Å². The first-order valence-electron chi connectivity index (χ1n) is 10.4. The Bertz CT molecular complexity index is 868. The van der Waals surface area contributed by atoms with Gasteiger partial charge in [-0.05, 0) is 25.0 Å². The number of carbonyl (C=O) groups excluding carboxylic acids is 2. The molecule has 2 aromatic rings. The van der Waals surface area contributed by atoms with Gasteiger partial charge in [0.15, 0.2) is 0 Å². The van der Waals surface area contributed by atoms with Crippen LogP contribution in [0.2, 0.25) is 0 Å². The summed E-state index contributed by atoms with van der Waals surface area (Å²) in [5, 5.41) is 7.73. The maximum absolute atomic E-state index is 12.8. The second-order valence-corrected chi connectivity index (χ2v) is 8.43. The predicted molar refractivity (Wildman–Crippen MR) is 119 cm³/mol. The summed E-state index contributed by atoms with van der Waals surface area (Å²) in [7, 11) is 1.62. The fraction of sp³-hybridized carbons (Fsp3) is 0.522. The summed E-state index contributed by atoms with van der Waals surface area (Å²) in [5.74, 6) is 0.300. The van der Waals surface area contributed by atoms with Crippen LogP contribution in [-0.2, 0) is 19.7 Å². The molecule has 30 heavy (non-hydrogen) atoms. The van der Waals surface area contributed by atoms with E-state index in [4.69, 9.17) is 9.84 Å². The van der Waals surface area contributed by atoms with Gasteiger partial charge in [0.25, 0.3) is 0 Å². The van der Waals surface area contributed by atoms with Gasteiger partial charge in [0, 0.05) is 38.2 Å². The van der Waals surface area contributed by atoms with E-state index in [1.54, 1.807) is 23.6 Å². The highest BCUT2D eigenvalue weighted by molar-refractivity contribution is 5.94. The van der Waals surface area contributed by atoms with E-state index in [0.717, 1.165) is 16.9 Å². The van der Waals surface area contributed by atoms with E-state index in [1.807, 2.05) is 37.3 Å². The van der Waals surface area contributed by atoms with E-state index in [-0.39, 0.29) is 23.8 Å². The van der Waals surface area contributed by atoms with Crippen LogP contribution in [0.25, 0.3) is 5.69 Å². The second-order valence-electron chi connectivity index (χ2n) is 8.43. The molecule has 2 amide bonds. The summed E-state index contributed by atoms with van der Waals surface area (Å²) in [6.45, 7) is 11.1. The van der Waals surface area contributed by atoms with Crippen LogP contribution in [0.3, 0.4) is 0 Å². The van der Waals surface area contributed by atoms with E-state index in [0.29, 0.717) is 31.8 Å². The number of hydrogen-bond donors (Lipinski definition) is 1. The Kier molecular flexibility index (Phi) is 8.17. The normalized spacial score (nSPS) is 11.4. The van der Waals surface area contributed by atoms with Crippen LogP contribution in [0, 0.1) is 6.92 Å². The van der Waals surface area contributed by atoms with Gasteiger partial charge in [0.05, 0.1) is 17.9 Å². The number of nitrogens with one attached hydrogen (secondary N) is 1. The number of para-hydroxylation sites is 1. The second kappa shape index (κ2) is 10.4. The number of ether oxygens (including phenoxy) is 1. The number of carbonyl (C=O) groups is 2. The Balaban J connectivity index is 2.27. The van der Waals surface area contributed by atoms with Gasteiger partial charge in [-0.1, -0.05) is 45.9 Å². The lowest BCUT2D eigenvalue weighted by Gasteiger charge is -2.21. The standard InChI is InChI=1S/C23H34N4O3/c1-7-22(29)26(13-10-14-30-6)16-21(28)24-20-15-19(23(3,4)5)25-27(20)18-12-9-8-11-17(18)2/h8-9,11-12,15H,7,10,13-14,16H2,1-6H3,(H,24,28). The smallest absolute Gasteiger partial charge is 0.245 e. The molecular formula is C23H34N4O3. The third-order valence-corrected chi connectivity index (χ3v) is 4.86. The highest BCUT2D eigenvalue weighted by atomic mass is 16.5. The van der Waals surface area contributed by atoms with Crippen LogP contribution in [0.15, 0.2) is 30.3 Å². The average molecular weight is 415 g/mol. The van der Waals surface area contributed by atoms with Gasteiger partial charge in [0.1, 0.15) is 5.82 Å². The first kappa shape index (κ1) is 23.6. The van der Waals surface area contributed by atoms with Crippen molar-refractivity contribution >= 4 is 17.6 Å². The highest BCUT2D eigenvalue weighted by Crippen LogP contribution is 2.27. The lowest BCUT2D eigenvalue weighted by molar-refractivity contribution is -0.134. The van der Waals surface area contributed by atoms with Crippen molar-refractivity contribution in [1.29, 1.82) is 0 Å². The summed E-state index contributed by atoms with van der Waals surface area (Å²) in [5.41, 5.74) is 2.67. The van der Waals surface area contributed by atoms with Crippen molar-refractivity contribution in [3.8, 4) is 5.69 Å². The van der Waals surface area contributed by atoms with Gasteiger partial charge < -0.3 is 15.0 Å². The average Bonchev–Trinajstić information content (AvgIpc) is 3.11. The molecule has 0 radical (unpaired) electrons. The van der Waals surface area contributed by atoms with E-state index in [1.165, 1.54) is 0 Å². The van der Waals surface area contributed by atoms with Crippen molar-refractivity contribution in [2.45, 2.75) is 52.9 Å². The molecular weight excluding hydrogens is 380 g/mol. The lowest BCUT2D eigenvalue weighted by atomic mass is 9.92. The number of aryl methyl sites for hydroxylation is 1. The summed E-state index contributed by atoms with van der Waals surface area (Å²) < 4.78 is 6.84. The molecule has 164 valence electrons. The number of amides is 2. The highest BCUT2D eigenvalue weighted by Gasteiger charge is 2.23. The van der Waals surface area contributed by atoms with Crippen LogP contribution in [0.1, 0.15) is 51.8 Å². The van der Waals surface area contributed by atoms with Crippen LogP contribution in [0.4, 0.5) is 5.82 Å². The fourth-order valence-electron chi connectivity index (χ4n) is 3.09. The molecule has 1 aromatic carbocycles. The Labute approximate surface area is 179 Å². The van der Waals surface area contributed by atoms with Gasteiger partial charge in [-0.2, -0.15) is 5.10 Å². The number of nitrogens with zero attached hydrogens (tertiary/aromatic N) is 3. The van der Waals surface area contributed by atoms with Crippen LogP contribution >= 0.6 is 0 Å². The molecule has 0 saturated carbocycles. The number of anilines is 1. The first-order valence-corrected chi connectivity index (χ1v) is 10.4. The van der Waals surface area contributed by atoms with Crippen molar-refractivity contribution in [3.63, 3.8) is 0 Å². The third-order valence-electron chi connectivity index (χ3n) is 4.86. The maximum atomic E-state index is 12.8. The molecule has 1 N–H and O–H groups in total. The molecule has 0 spiro atoms. The number of methoxy groups -OCH3 is 1. The lowest BCUT2D eigenvalue weighted by Crippen LogP contribution is -2.38. The summed E-state index contributed by atoms with van der Waals surface area (Å²) in [6, 6.07) is 9.81. The zero-order valence-electron chi connectivity index (χ0n) is 19.0. The minimum atomic E-state index is -0.246. The molecule has 0 bridgehead atoms. The molecule has 0 fully saturated rings. The third kappa shape index (κ3) is 6.16. The maximum Gasteiger partial charge on any atom is 0.245 e. The molecule has 0 aliphatic heterocycles. The Morgan fingerprint density at radius 1 is 1.23 bits per heavy atom. The SMILES string of the molecule is CCC(=O)N(CCCOC)CC(=O)Nc1cc(C(C)(C)C)nn1-c1ccccc1C.